The van der Waals surface area contributed by atoms with Gasteiger partial charge in [-0.25, -0.2) is 4.98 Å². The number of amides is 2. The Hall–Kier alpha value is -2.93. The summed E-state index contributed by atoms with van der Waals surface area (Å²) in [5.41, 5.74) is 2.22. The van der Waals surface area contributed by atoms with E-state index in [0.717, 1.165) is 11.3 Å². The Balaban J connectivity index is 1.80. The minimum atomic E-state index is -0.242. The maximum Gasteiger partial charge on any atom is 0.266 e. The zero-order chi connectivity index (χ0) is 21.3. The van der Waals surface area contributed by atoms with Crippen LogP contribution >= 0.6 is 11.8 Å². The molecule has 1 saturated heterocycles. The number of hydrogen-bond donors (Lipinski definition) is 0. The number of fused-ring (bicyclic) bond motifs is 1. The number of thioether (sulfide) groups is 1. The van der Waals surface area contributed by atoms with Gasteiger partial charge in [-0.3, -0.25) is 23.9 Å². The van der Waals surface area contributed by atoms with E-state index >= 15 is 0 Å². The minimum Gasteiger partial charge on any atom is -0.282 e. The first-order valence-corrected chi connectivity index (χ1v) is 11.0. The van der Waals surface area contributed by atoms with Crippen molar-refractivity contribution in [2.24, 2.45) is 0 Å². The number of aromatic nitrogens is 2. The quantitative estimate of drug-likeness (QED) is 0.463. The number of imide groups is 1. The molecule has 1 aliphatic heterocycles. The van der Waals surface area contributed by atoms with Gasteiger partial charge in [-0.1, -0.05) is 55.9 Å². The first kappa shape index (κ1) is 20.3. The number of carbonyl (C=O) groups is 2. The van der Waals surface area contributed by atoms with Crippen molar-refractivity contribution in [3.8, 4) is 5.69 Å². The van der Waals surface area contributed by atoms with Crippen LogP contribution in [0.15, 0.2) is 58.5 Å². The summed E-state index contributed by atoms with van der Waals surface area (Å²) in [5.74, 6) is -0.107. The van der Waals surface area contributed by atoms with Gasteiger partial charge in [-0.05, 0) is 36.1 Å². The van der Waals surface area contributed by atoms with Gasteiger partial charge in [0, 0.05) is 13.0 Å². The summed E-state index contributed by atoms with van der Waals surface area (Å²) in [7, 11) is 0. The van der Waals surface area contributed by atoms with E-state index in [1.807, 2.05) is 36.4 Å². The fraction of sp³-hybridized carbons (Fsp3) is 0.304. The molecule has 3 aromatic rings. The third-order valence-corrected chi connectivity index (χ3v) is 6.17. The Morgan fingerprint density at radius 3 is 2.57 bits per heavy atom. The Morgan fingerprint density at radius 2 is 1.83 bits per heavy atom. The molecular weight excluding hydrogens is 398 g/mol. The van der Waals surface area contributed by atoms with E-state index in [9.17, 15) is 14.4 Å². The number of hydrogen-bond acceptors (Lipinski definition) is 5. The molecule has 2 aromatic carbocycles. The Morgan fingerprint density at radius 1 is 1.10 bits per heavy atom. The fourth-order valence-corrected chi connectivity index (χ4v) is 4.60. The number of likely N-dealkylation sites (tertiary alicyclic amines) is 1. The first-order chi connectivity index (χ1) is 14.5. The van der Waals surface area contributed by atoms with Crippen molar-refractivity contribution in [3.63, 3.8) is 0 Å². The van der Waals surface area contributed by atoms with Gasteiger partial charge < -0.3 is 0 Å². The predicted octanol–water partition coefficient (Wildman–Crippen LogP) is 3.75. The van der Waals surface area contributed by atoms with Crippen molar-refractivity contribution in [3.05, 3.63) is 64.4 Å². The van der Waals surface area contributed by atoms with E-state index in [4.69, 9.17) is 4.98 Å². The molecule has 0 spiro atoms. The number of rotatable bonds is 5. The normalized spacial score (nSPS) is 14.1. The molecule has 2 amide bonds. The number of carbonyl (C=O) groups excluding carboxylic acids is 2. The monoisotopic (exact) mass is 421 g/mol. The van der Waals surface area contributed by atoms with E-state index in [-0.39, 0.29) is 29.0 Å². The molecule has 0 atom stereocenters. The summed E-state index contributed by atoms with van der Waals surface area (Å²) < 4.78 is 1.60. The molecule has 30 heavy (non-hydrogen) atoms. The lowest BCUT2D eigenvalue weighted by Crippen LogP contribution is -2.33. The van der Waals surface area contributed by atoms with Crippen LogP contribution in [-0.4, -0.2) is 38.6 Å². The van der Waals surface area contributed by atoms with Crippen LogP contribution in [0, 0.1) is 0 Å². The Bertz CT molecular complexity index is 1190. The summed E-state index contributed by atoms with van der Waals surface area (Å²) in [4.78, 5) is 43.9. The lowest BCUT2D eigenvalue weighted by Gasteiger charge is -2.19. The zero-order valence-electron chi connectivity index (χ0n) is 17.0. The Labute approximate surface area is 178 Å². The van der Waals surface area contributed by atoms with Crippen LogP contribution in [0.1, 0.15) is 38.2 Å². The van der Waals surface area contributed by atoms with Crippen molar-refractivity contribution >= 4 is 34.5 Å². The second-order valence-electron chi connectivity index (χ2n) is 7.60. The predicted molar refractivity (Wildman–Crippen MR) is 118 cm³/mol. The second-order valence-corrected chi connectivity index (χ2v) is 8.54. The SMILES string of the molecule is CC(C)c1ccccc1-n1c(SCC(=O)N2CCCC2=O)nc2ccccc2c1=O. The molecule has 1 aromatic heterocycles. The highest BCUT2D eigenvalue weighted by Gasteiger charge is 2.27. The molecule has 1 fully saturated rings. The fourth-order valence-electron chi connectivity index (χ4n) is 3.72. The largest absolute Gasteiger partial charge is 0.282 e. The van der Waals surface area contributed by atoms with E-state index in [1.165, 1.54) is 16.7 Å². The van der Waals surface area contributed by atoms with Gasteiger partial charge in [0.1, 0.15) is 0 Å². The number of nitrogens with zero attached hydrogens (tertiary/aromatic N) is 3. The van der Waals surface area contributed by atoms with Crippen LogP contribution in [0.4, 0.5) is 0 Å². The molecule has 6 nitrogen and oxygen atoms in total. The van der Waals surface area contributed by atoms with Gasteiger partial charge in [0.2, 0.25) is 11.8 Å². The van der Waals surface area contributed by atoms with Crippen molar-refractivity contribution < 1.29 is 9.59 Å². The third kappa shape index (κ3) is 3.77. The molecule has 4 rings (SSSR count). The molecule has 0 bridgehead atoms. The molecule has 0 N–H and O–H groups in total. The lowest BCUT2D eigenvalue weighted by atomic mass is 10.0. The first-order valence-electron chi connectivity index (χ1n) is 10.0. The highest BCUT2D eigenvalue weighted by Crippen LogP contribution is 2.27. The number of benzene rings is 2. The molecule has 0 radical (unpaired) electrons. The van der Waals surface area contributed by atoms with Gasteiger partial charge in [0.15, 0.2) is 5.16 Å². The smallest absolute Gasteiger partial charge is 0.266 e. The van der Waals surface area contributed by atoms with Crippen LogP contribution in [-0.2, 0) is 9.59 Å². The molecule has 0 unspecified atom stereocenters. The average Bonchev–Trinajstić information content (AvgIpc) is 3.18. The van der Waals surface area contributed by atoms with Gasteiger partial charge >= 0.3 is 0 Å². The highest BCUT2D eigenvalue weighted by molar-refractivity contribution is 7.99. The summed E-state index contributed by atoms with van der Waals surface area (Å²) >= 11 is 1.20. The van der Waals surface area contributed by atoms with Crippen molar-refractivity contribution in [2.75, 3.05) is 12.3 Å². The van der Waals surface area contributed by atoms with Crippen LogP contribution in [0.5, 0.6) is 0 Å². The van der Waals surface area contributed by atoms with Gasteiger partial charge in [0.25, 0.3) is 5.56 Å². The summed E-state index contributed by atoms with van der Waals surface area (Å²) in [6.07, 6.45) is 1.12. The van der Waals surface area contributed by atoms with Crippen molar-refractivity contribution in [2.45, 2.75) is 37.8 Å². The maximum absolute atomic E-state index is 13.4. The second kappa shape index (κ2) is 8.44. The molecular formula is C23H23N3O3S. The molecule has 0 aliphatic carbocycles. The van der Waals surface area contributed by atoms with E-state index in [0.29, 0.717) is 35.4 Å². The summed E-state index contributed by atoms with van der Waals surface area (Å²) in [6, 6.07) is 15.0. The van der Waals surface area contributed by atoms with Gasteiger partial charge in [-0.15, -0.1) is 0 Å². The molecule has 2 heterocycles. The molecule has 1 aliphatic rings. The van der Waals surface area contributed by atoms with E-state index in [2.05, 4.69) is 13.8 Å². The van der Waals surface area contributed by atoms with Gasteiger partial charge in [0.05, 0.1) is 22.3 Å². The van der Waals surface area contributed by atoms with Crippen LogP contribution in [0.2, 0.25) is 0 Å². The molecule has 0 saturated carbocycles. The van der Waals surface area contributed by atoms with Crippen molar-refractivity contribution in [1.82, 2.24) is 14.5 Å². The number of para-hydroxylation sites is 2. The highest BCUT2D eigenvalue weighted by atomic mass is 32.2. The summed E-state index contributed by atoms with van der Waals surface area (Å²) in [6.45, 7) is 4.62. The zero-order valence-corrected chi connectivity index (χ0v) is 17.8. The lowest BCUT2D eigenvalue weighted by molar-refractivity contribution is -0.140. The van der Waals surface area contributed by atoms with Crippen molar-refractivity contribution in [1.29, 1.82) is 0 Å². The van der Waals surface area contributed by atoms with Crippen LogP contribution in [0.3, 0.4) is 0 Å². The van der Waals surface area contributed by atoms with Gasteiger partial charge in [-0.2, -0.15) is 0 Å². The molecule has 154 valence electrons. The maximum atomic E-state index is 13.4. The van der Waals surface area contributed by atoms with E-state index in [1.54, 1.807) is 16.7 Å². The standard InChI is InChI=1S/C23H23N3O3S/c1-15(2)16-8-4-6-11-19(16)26-22(29)17-9-3-5-10-18(17)24-23(26)30-14-21(28)25-13-7-12-20(25)27/h3-6,8-11,15H,7,12-14H2,1-2H3. The average molecular weight is 422 g/mol. The van der Waals surface area contributed by atoms with Crippen LogP contribution < -0.4 is 5.56 Å². The topological polar surface area (TPSA) is 72.3 Å². The minimum absolute atomic E-state index is 0.0559. The Kier molecular flexibility index (Phi) is 5.72. The molecule has 7 heteroatoms. The van der Waals surface area contributed by atoms with Crippen LogP contribution in [0.25, 0.3) is 16.6 Å². The van der Waals surface area contributed by atoms with E-state index < -0.39 is 0 Å². The third-order valence-electron chi connectivity index (χ3n) is 5.24. The summed E-state index contributed by atoms with van der Waals surface area (Å²) in [5, 5.41) is 0.980.